The van der Waals surface area contributed by atoms with Gasteiger partial charge in [-0.25, -0.2) is 0 Å². The first-order valence-electron chi connectivity index (χ1n) is 10.6. The topological polar surface area (TPSA) is 80.9 Å². The Hall–Kier alpha value is -1.59. The molecule has 0 atom stereocenters. The van der Waals surface area contributed by atoms with Crippen LogP contribution in [0.1, 0.15) is 79.0 Å². The summed E-state index contributed by atoms with van der Waals surface area (Å²) >= 11 is 0. The van der Waals surface area contributed by atoms with Crippen molar-refractivity contribution in [2.75, 3.05) is 0 Å². The lowest BCUT2D eigenvalue weighted by molar-refractivity contribution is 0.415. The van der Waals surface area contributed by atoms with Gasteiger partial charge in [0.2, 0.25) is 0 Å². The molecule has 4 N–H and O–H groups in total. The molecule has 0 aliphatic carbocycles. The van der Waals surface area contributed by atoms with Crippen LogP contribution in [0.15, 0.2) is 54.6 Å². The third kappa shape index (κ3) is 33.1. The third-order valence-electron chi connectivity index (χ3n) is 3.45. The molecule has 0 bridgehead atoms. The molecule has 0 saturated carbocycles. The number of rotatable bonds is 6. The van der Waals surface area contributed by atoms with E-state index in [1.807, 2.05) is 0 Å². The molecule has 4 nitrogen and oxygen atoms in total. The first-order chi connectivity index (χ1) is 13.8. The van der Waals surface area contributed by atoms with Crippen LogP contribution >= 0.6 is 0 Å². The van der Waals surface area contributed by atoms with Crippen molar-refractivity contribution in [1.82, 2.24) is 0 Å². The van der Waals surface area contributed by atoms with Crippen LogP contribution in [0, 0.1) is 0 Å². The fourth-order valence-corrected chi connectivity index (χ4v) is 2.45. The highest BCUT2D eigenvalue weighted by molar-refractivity contribution is 6.39. The minimum absolute atomic E-state index is 0. The average Bonchev–Trinajstić information content (AvgIpc) is 2.63. The maximum atomic E-state index is 7.61. The normalized spacial score (nSPS) is 8.16. The molecule has 186 valence electrons. The van der Waals surface area contributed by atoms with E-state index >= 15 is 0 Å². The van der Waals surface area contributed by atoms with Gasteiger partial charge in [-0.1, -0.05) is 117 Å². The molecule has 0 aliphatic heterocycles. The van der Waals surface area contributed by atoms with E-state index in [1.54, 1.807) is 0 Å². The molecule has 0 aromatic heterocycles. The Kier molecular flexibility index (Phi) is 37.4. The van der Waals surface area contributed by atoms with Gasteiger partial charge in [-0.2, -0.15) is 0 Å². The second-order valence-corrected chi connectivity index (χ2v) is 6.82. The Labute approximate surface area is 201 Å². The van der Waals surface area contributed by atoms with Crippen LogP contribution < -0.4 is 0 Å². The molecular weight excluding hydrogens is 398 g/mol. The Morgan fingerprint density at radius 2 is 0.812 bits per heavy atom. The predicted molar refractivity (Wildman–Crippen MR) is 147 cm³/mol. The predicted octanol–water partition coefficient (Wildman–Crippen LogP) is 6.32. The zero-order valence-corrected chi connectivity index (χ0v) is 18.9. The van der Waals surface area contributed by atoms with Gasteiger partial charge in [-0.05, 0) is 49.6 Å². The molecule has 0 spiro atoms. The van der Waals surface area contributed by atoms with Gasteiger partial charge in [0.25, 0.3) is 0 Å². The van der Waals surface area contributed by atoms with E-state index in [-0.39, 0.29) is 22.3 Å². The minimum Gasteiger partial charge on any atom is -0.427 e. The van der Waals surface area contributed by atoms with E-state index in [1.165, 1.54) is 68.9 Å². The largest absolute Gasteiger partial charge is 0.448 e. The number of hydrogen-bond donors (Lipinski definition) is 4. The van der Waals surface area contributed by atoms with Crippen molar-refractivity contribution in [3.05, 3.63) is 71.3 Å². The molecule has 32 heavy (non-hydrogen) atoms. The van der Waals surface area contributed by atoms with Crippen molar-refractivity contribution in [3.63, 3.8) is 0 Å². The molecule has 0 amide bonds. The van der Waals surface area contributed by atoms with Gasteiger partial charge < -0.3 is 20.1 Å². The van der Waals surface area contributed by atoms with Gasteiger partial charge in [0.1, 0.15) is 0 Å². The molecule has 2 rings (SSSR count). The van der Waals surface area contributed by atoms with Gasteiger partial charge in [-0.3, -0.25) is 0 Å². The van der Waals surface area contributed by atoms with Crippen LogP contribution in [0.25, 0.3) is 0 Å². The van der Waals surface area contributed by atoms with Crippen LogP contribution in [0.3, 0.4) is 0 Å². The Morgan fingerprint density at radius 1 is 0.531 bits per heavy atom. The van der Waals surface area contributed by atoms with Gasteiger partial charge in [0.05, 0.1) is 0 Å². The molecule has 2 aromatic carbocycles. The molecule has 2 aromatic rings. The monoisotopic (exact) mass is 450 g/mol. The van der Waals surface area contributed by atoms with E-state index < -0.39 is 14.2 Å². The summed E-state index contributed by atoms with van der Waals surface area (Å²) in [6.45, 7) is 9.21. The van der Waals surface area contributed by atoms with E-state index in [0.29, 0.717) is 0 Å². The molecule has 0 unspecified atom stereocenters. The molecular formula is C26H52B2O4. The summed E-state index contributed by atoms with van der Waals surface area (Å²) in [5, 5.41) is 30.4. The molecule has 0 heterocycles. The van der Waals surface area contributed by atoms with Crippen LogP contribution in [0.5, 0.6) is 0 Å². The lowest BCUT2D eigenvalue weighted by atomic mass is 9.99. The average molecular weight is 450 g/mol. The second-order valence-electron chi connectivity index (χ2n) is 6.82. The molecule has 0 fully saturated rings. The van der Waals surface area contributed by atoms with Crippen molar-refractivity contribution in [3.8, 4) is 0 Å². The van der Waals surface area contributed by atoms with Crippen LogP contribution in [0.4, 0.5) is 0 Å². The Balaban J connectivity index is -0.000000109. The summed E-state index contributed by atoms with van der Waals surface area (Å²) in [6.07, 6.45) is 7.38. The van der Waals surface area contributed by atoms with E-state index in [4.69, 9.17) is 20.1 Å². The molecule has 0 saturated heterocycles. The second kappa shape index (κ2) is 29.4. The summed E-state index contributed by atoms with van der Waals surface area (Å²) in [6, 6.07) is 19.5. The summed E-state index contributed by atoms with van der Waals surface area (Å²) in [5.74, 6) is 0. The van der Waals surface area contributed by atoms with E-state index in [2.05, 4.69) is 75.4 Å². The summed E-state index contributed by atoms with van der Waals surface area (Å²) in [5.41, 5.74) is 4.42. The minimum atomic E-state index is -1.17. The SMILES string of the molecule is C.C.C.CB(O)O.CB(O)O.CCCc1cccc(CCC)c1.CCCc1ccccc1. The van der Waals surface area contributed by atoms with Gasteiger partial charge in [0.15, 0.2) is 0 Å². The Morgan fingerprint density at radius 3 is 1.12 bits per heavy atom. The van der Waals surface area contributed by atoms with Gasteiger partial charge in [0, 0.05) is 0 Å². The van der Waals surface area contributed by atoms with Gasteiger partial charge in [-0.15, -0.1) is 0 Å². The van der Waals surface area contributed by atoms with Gasteiger partial charge >= 0.3 is 14.2 Å². The van der Waals surface area contributed by atoms with Crippen molar-refractivity contribution < 1.29 is 20.1 Å². The first-order valence-corrected chi connectivity index (χ1v) is 10.6. The molecule has 0 radical (unpaired) electrons. The standard InChI is InChI=1S/C12H18.C9H12.2CH5BO2.3CH4/c1-3-6-11-8-5-9-12(10-11)7-4-2;1-2-6-9-7-4-3-5-8-9;2*1-2(3)4;;;/h5,8-10H,3-4,6-7H2,1-2H3;3-5,7-8H,2,6H2,1H3;2*3-4H,1H3;3*1H4. The highest BCUT2D eigenvalue weighted by Gasteiger charge is 1.93. The van der Waals surface area contributed by atoms with E-state index in [9.17, 15) is 0 Å². The molecule has 0 aliphatic rings. The zero-order valence-electron chi connectivity index (χ0n) is 18.9. The maximum Gasteiger partial charge on any atom is 0.448 e. The lowest BCUT2D eigenvalue weighted by Gasteiger charge is -2.02. The van der Waals surface area contributed by atoms with Crippen molar-refractivity contribution >= 4 is 14.2 Å². The maximum absolute atomic E-state index is 7.61. The summed E-state index contributed by atoms with van der Waals surface area (Å²) in [4.78, 5) is 0. The van der Waals surface area contributed by atoms with E-state index in [0.717, 1.165) is 0 Å². The fraction of sp³-hybridized carbons (Fsp3) is 0.538. The van der Waals surface area contributed by atoms with Crippen molar-refractivity contribution in [1.29, 1.82) is 0 Å². The quantitative estimate of drug-likeness (QED) is 0.389. The first kappa shape index (κ1) is 40.7. The third-order valence-corrected chi connectivity index (χ3v) is 3.45. The molecule has 6 heteroatoms. The smallest absolute Gasteiger partial charge is 0.427 e. The van der Waals surface area contributed by atoms with Crippen molar-refractivity contribution in [2.45, 2.75) is 95.2 Å². The zero-order chi connectivity index (χ0) is 22.5. The lowest BCUT2D eigenvalue weighted by Crippen LogP contribution is -2.00. The van der Waals surface area contributed by atoms with Crippen LogP contribution in [0.2, 0.25) is 13.6 Å². The number of aryl methyl sites for hydroxylation is 3. The summed E-state index contributed by atoms with van der Waals surface area (Å²) < 4.78 is 0. The van der Waals surface area contributed by atoms with Crippen molar-refractivity contribution in [2.24, 2.45) is 0 Å². The fourth-order valence-electron chi connectivity index (χ4n) is 2.45. The number of benzene rings is 2. The number of hydrogen-bond acceptors (Lipinski definition) is 4. The highest BCUT2D eigenvalue weighted by atomic mass is 16.4. The Bertz CT molecular complexity index is 546. The van der Waals surface area contributed by atoms with Crippen LogP contribution in [-0.2, 0) is 19.3 Å². The summed E-state index contributed by atoms with van der Waals surface area (Å²) in [7, 11) is -2.33. The highest BCUT2D eigenvalue weighted by Crippen LogP contribution is 2.09. The van der Waals surface area contributed by atoms with Crippen LogP contribution in [-0.4, -0.2) is 34.3 Å².